The van der Waals surface area contributed by atoms with Gasteiger partial charge in [0.25, 0.3) is 0 Å². The molecule has 0 bridgehead atoms. The lowest BCUT2D eigenvalue weighted by Gasteiger charge is -2.32. The van der Waals surface area contributed by atoms with Crippen molar-refractivity contribution >= 4 is 17.7 Å². The van der Waals surface area contributed by atoms with E-state index in [0.29, 0.717) is 16.9 Å². The molecule has 1 aliphatic rings. The smallest absolute Gasteiger partial charge is 0.235 e. The first kappa shape index (κ1) is 18.7. The van der Waals surface area contributed by atoms with Gasteiger partial charge in [-0.25, -0.2) is 0 Å². The third-order valence-electron chi connectivity index (χ3n) is 4.85. The lowest BCUT2D eigenvalue weighted by molar-refractivity contribution is -0.131. The van der Waals surface area contributed by atoms with Gasteiger partial charge >= 0.3 is 0 Å². The molecule has 8 heteroatoms. The number of para-hydroxylation sites is 2. The Labute approximate surface area is 158 Å². The predicted octanol–water partition coefficient (Wildman–Crippen LogP) is 2.94. The van der Waals surface area contributed by atoms with Crippen molar-refractivity contribution in [3.05, 3.63) is 24.3 Å². The summed E-state index contributed by atoms with van der Waals surface area (Å²) in [5.74, 6) is 0.802. The van der Waals surface area contributed by atoms with Crippen LogP contribution < -0.4 is 4.74 Å². The molecule has 0 saturated heterocycles. The predicted molar refractivity (Wildman–Crippen MR) is 101 cm³/mol. The van der Waals surface area contributed by atoms with Gasteiger partial charge in [0.2, 0.25) is 11.1 Å². The van der Waals surface area contributed by atoms with Crippen LogP contribution in [0.25, 0.3) is 5.69 Å². The Balaban J connectivity index is 1.73. The fourth-order valence-electron chi connectivity index (χ4n) is 3.35. The highest BCUT2D eigenvalue weighted by molar-refractivity contribution is 8.00. The van der Waals surface area contributed by atoms with Crippen LogP contribution in [0.2, 0.25) is 0 Å². The first-order valence-electron chi connectivity index (χ1n) is 8.97. The quantitative estimate of drug-likeness (QED) is 0.723. The highest BCUT2D eigenvalue weighted by atomic mass is 32.2. The maximum Gasteiger partial charge on any atom is 0.235 e. The first-order valence-corrected chi connectivity index (χ1v) is 9.85. The minimum Gasteiger partial charge on any atom is -0.494 e. The van der Waals surface area contributed by atoms with Crippen LogP contribution >= 0.6 is 11.8 Å². The van der Waals surface area contributed by atoms with E-state index in [4.69, 9.17) is 4.74 Å². The topological polar surface area (TPSA) is 73.1 Å². The summed E-state index contributed by atoms with van der Waals surface area (Å²) < 4.78 is 7.01. The Bertz CT molecular complexity index is 745. The summed E-state index contributed by atoms with van der Waals surface area (Å²) in [6.07, 6.45) is 5.87. The van der Waals surface area contributed by atoms with Gasteiger partial charge < -0.3 is 9.64 Å². The molecule has 0 radical (unpaired) electrons. The van der Waals surface area contributed by atoms with Crippen molar-refractivity contribution in [1.29, 1.82) is 0 Å². The number of carbonyl (C=O) groups excluding carboxylic acids is 1. The molecule has 0 N–H and O–H groups in total. The first-order chi connectivity index (χ1) is 12.6. The van der Waals surface area contributed by atoms with E-state index in [-0.39, 0.29) is 11.2 Å². The van der Waals surface area contributed by atoms with Gasteiger partial charge in [-0.3, -0.25) is 4.79 Å². The van der Waals surface area contributed by atoms with E-state index in [9.17, 15) is 4.79 Å². The number of benzene rings is 1. The molecule has 1 aromatic heterocycles. The Morgan fingerprint density at radius 3 is 2.77 bits per heavy atom. The van der Waals surface area contributed by atoms with Crippen molar-refractivity contribution in [2.75, 3.05) is 14.2 Å². The molecule has 1 amide bonds. The summed E-state index contributed by atoms with van der Waals surface area (Å²) >= 11 is 1.37. The van der Waals surface area contributed by atoms with Crippen molar-refractivity contribution in [1.82, 2.24) is 25.1 Å². The average Bonchev–Trinajstić information content (AvgIpc) is 3.15. The van der Waals surface area contributed by atoms with Crippen LogP contribution in [-0.4, -0.2) is 56.5 Å². The Morgan fingerprint density at radius 2 is 2.04 bits per heavy atom. The molecule has 1 atom stereocenters. The Morgan fingerprint density at radius 1 is 1.31 bits per heavy atom. The summed E-state index contributed by atoms with van der Waals surface area (Å²) in [5, 5.41) is 12.3. The van der Waals surface area contributed by atoms with Crippen molar-refractivity contribution in [3.8, 4) is 11.4 Å². The molecule has 1 saturated carbocycles. The molecule has 0 spiro atoms. The van der Waals surface area contributed by atoms with Crippen LogP contribution in [0, 0.1) is 0 Å². The van der Waals surface area contributed by atoms with E-state index in [2.05, 4.69) is 15.5 Å². The second-order valence-electron chi connectivity index (χ2n) is 6.55. The van der Waals surface area contributed by atoms with Crippen molar-refractivity contribution in [2.24, 2.45) is 0 Å². The Hall–Kier alpha value is -2.09. The summed E-state index contributed by atoms with van der Waals surface area (Å²) in [6.45, 7) is 1.91. The van der Waals surface area contributed by atoms with Gasteiger partial charge in [-0.2, -0.15) is 4.68 Å². The summed E-state index contributed by atoms with van der Waals surface area (Å²) in [5.41, 5.74) is 0.753. The molecular formula is C18H25N5O2S. The van der Waals surface area contributed by atoms with E-state index in [1.807, 2.05) is 43.1 Å². The van der Waals surface area contributed by atoms with Gasteiger partial charge in [0.15, 0.2) is 0 Å². The molecule has 3 rings (SSSR count). The number of thioether (sulfide) groups is 1. The highest BCUT2D eigenvalue weighted by Crippen LogP contribution is 2.29. The summed E-state index contributed by atoms with van der Waals surface area (Å²) in [7, 11) is 3.53. The number of aromatic nitrogens is 4. The second kappa shape index (κ2) is 8.53. The lowest BCUT2D eigenvalue weighted by atomic mass is 9.94. The fraction of sp³-hybridized carbons (Fsp3) is 0.556. The van der Waals surface area contributed by atoms with Crippen LogP contribution in [0.5, 0.6) is 5.75 Å². The van der Waals surface area contributed by atoms with Gasteiger partial charge in [0.1, 0.15) is 11.4 Å². The Kier molecular flexibility index (Phi) is 6.13. The molecule has 1 heterocycles. The maximum atomic E-state index is 12.8. The molecule has 1 aliphatic carbocycles. The number of hydrogen-bond acceptors (Lipinski definition) is 6. The molecule has 0 aliphatic heterocycles. The number of hydrogen-bond donors (Lipinski definition) is 0. The highest BCUT2D eigenvalue weighted by Gasteiger charge is 2.27. The van der Waals surface area contributed by atoms with E-state index >= 15 is 0 Å². The van der Waals surface area contributed by atoms with E-state index in [1.165, 1.54) is 31.0 Å². The average molecular weight is 375 g/mol. The largest absolute Gasteiger partial charge is 0.494 e. The minimum atomic E-state index is -0.263. The molecule has 7 nitrogen and oxygen atoms in total. The standard InChI is InChI=1S/C18H25N5O2S/c1-13(17(24)22(2)14-9-5-4-6-10-14)26-18-19-20-21-23(18)15-11-7-8-12-16(15)25-3/h7-8,11-14H,4-6,9-10H2,1-3H3. The van der Waals surface area contributed by atoms with Crippen molar-refractivity contribution in [2.45, 2.75) is 55.5 Å². The fourth-order valence-corrected chi connectivity index (χ4v) is 4.25. The van der Waals surface area contributed by atoms with E-state index in [0.717, 1.165) is 18.5 Å². The number of methoxy groups -OCH3 is 1. The summed E-state index contributed by atoms with van der Waals surface area (Å²) in [4.78, 5) is 14.8. The van der Waals surface area contributed by atoms with Gasteiger partial charge in [0, 0.05) is 13.1 Å². The summed E-state index contributed by atoms with van der Waals surface area (Å²) in [6, 6.07) is 7.89. The molecule has 1 aromatic carbocycles. The van der Waals surface area contributed by atoms with Crippen LogP contribution in [0.15, 0.2) is 29.4 Å². The van der Waals surface area contributed by atoms with Crippen LogP contribution in [0.3, 0.4) is 0 Å². The van der Waals surface area contributed by atoms with Crippen molar-refractivity contribution in [3.63, 3.8) is 0 Å². The van der Waals surface area contributed by atoms with Crippen LogP contribution in [0.4, 0.5) is 0 Å². The number of nitrogens with zero attached hydrogens (tertiary/aromatic N) is 5. The number of amides is 1. The monoisotopic (exact) mass is 375 g/mol. The third-order valence-corrected chi connectivity index (χ3v) is 5.87. The molecule has 2 aromatic rings. The van der Waals surface area contributed by atoms with Gasteiger partial charge in [-0.05, 0) is 42.3 Å². The molecular weight excluding hydrogens is 350 g/mol. The number of carbonyl (C=O) groups is 1. The number of rotatable bonds is 6. The number of ether oxygens (including phenoxy) is 1. The molecule has 140 valence electrons. The lowest BCUT2D eigenvalue weighted by Crippen LogP contribution is -2.42. The molecule has 1 fully saturated rings. The van der Waals surface area contributed by atoms with Crippen LogP contribution in [-0.2, 0) is 4.79 Å². The molecule has 26 heavy (non-hydrogen) atoms. The second-order valence-corrected chi connectivity index (χ2v) is 7.85. The van der Waals surface area contributed by atoms with Crippen LogP contribution in [0.1, 0.15) is 39.0 Å². The van der Waals surface area contributed by atoms with Crippen molar-refractivity contribution < 1.29 is 9.53 Å². The zero-order valence-electron chi connectivity index (χ0n) is 15.5. The maximum absolute atomic E-state index is 12.8. The van der Waals surface area contributed by atoms with Gasteiger partial charge in [0.05, 0.1) is 12.4 Å². The third kappa shape index (κ3) is 4.00. The minimum absolute atomic E-state index is 0.122. The van der Waals surface area contributed by atoms with Gasteiger partial charge in [-0.15, -0.1) is 5.10 Å². The zero-order valence-corrected chi connectivity index (χ0v) is 16.3. The normalized spacial score (nSPS) is 16.3. The van der Waals surface area contributed by atoms with E-state index < -0.39 is 0 Å². The van der Waals surface area contributed by atoms with E-state index in [1.54, 1.807) is 11.8 Å². The number of tetrazole rings is 1. The SMILES string of the molecule is COc1ccccc1-n1nnnc1SC(C)C(=O)N(C)C1CCCCC1. The zero-order chi connectivity index (χ0) is 18.5. The van der Waals surface area contributed by atoms with Gasteiger partial charge in [-0.1, -0.05) is 43.2 Å². The molecule has 1 unspecified atom stereocenters.